The van der Waals surface area contributed by atoms with E-state index in [1.807, 2.05) is 13.0 Å². The molecule has 0 unspecified atom stereocenters. The molecule has 0 spiro atoms. The number of benzene rings is 1. The molecule has 1 aromatic carbocycles. The molecule has 4 N–H and O–H groups in total. The Labute approximate surface area is 138 Å². The van der Waals surface area contributed by atoms with E-state index in [9.17, 15) is 9.59 Å². The summed E-state index contributed by atoms with van der Waals surface area (Å²) in [6.07, 6.45) is 5.93. The summed E-state index contributed by atoms with van der Waals surface area (Å²) in [6, 6.07) is 5.46. The van der Waals surface area contributed by atoms with Crippen molar-refractivity contribution in [2.24, 2.45) is 11.1 Å². The van der Waals surface area contributed by atoms with Gasteiger partial charge in [-0.2, -0.15) is 0 Å². The van der Waals surface area contributed by atoms with Crippen LogP contribution in [0.15, 0.2) is 18.2 Å². The lowest BCUT2D eigenvalue weighted by molar-refractivity contribution is -0.118. The van der Waals surface area contributed by atoms with Crippen LogP contribution in [0.2, 0.25) is 0 Å². The summed E-state index contributed by atoms with van der Waals surface area (Å²) in [5.41, 5.74) is 7.90. The van der Waals surface area contributed by atoms with Gasteiger partial charge < -0.3 is 16.4 Å². The first-order valence-corrected chi connectivity index (χ1v) is 8.32. The van der Waals surface area contributed by atoms with Crippen LogP contribution in [0.25, 0.3) is 0 Å². The molecule has 126 valence electrons. The Morgan fingerprint density at radius 2 is 1.91 bits per heavy atom. The van der Waals surface area contributed by atoms with E-state index in [1.165, 1.54) is 6.42 Å². The fraction of sp³-hybridized carbons (Fsp3) is 0.556. The average molecular weight is 317 g/mol. The zero-order valence-electron chi connectivity index (χ0n) is 14.1. The highest BCUT2D eigenvalue weighted by Crippen LogP contribution is 2.38. The van der Waals surface area contributed by atoms with E-state index in [2.05, 4.69) is 10.6 Å². The zero-order chi connectivity index (χ0) is 16.9. The molecule has 0 radical (unpaired) electrons. The van der Waals surface area contributed by atoms with Crippen molar-refractivity contribution in [1.29, 1.82) is 0 Å². The average Bonchev–Trinajstić information content (AvgIpc) is 2.56. The molecule has 0 bridgehead atoms. The number of amides is 2. The molecule has 1 aliphatic rings. The van der Waals surface area contributed by atoms with E-state index >= 15 is 0 Å². The quantitative estimate of drug-likeness (QED) is 0.780. The maximum absolute atomic E-state index is 12.5. The number of anilines is 1. The summed E-state index contributed by atoms with van der Waals surface area (Å²) in [6.45, 7) is 2.46. The molecule has 1 saturated carbocycles. The molecule has 2 amide bonds. The summed E-state index contributed by atoms with van der Waals surface area (Å²) in [5, 5.41) is 5.52. The molecule has 0 atom stereocenters. The van der Waals surface area contributed by atoms with Gasteiger partial charge in [-0.25, -0.2) is 0 Å². The van der Waals surface area contributed by atoms with E-state index in [4.69, 9.17) is 5.73 Å². The Balaban J connectivity index is 2.12. The summed E-state index contributed by atoms with van der Waals surface area (Å²) in [5.74, 6) is -0.262. The largest absolute Gasteiger partial charge is 0.355 e. The predicted octanol–water partition coefficient (Wildman–Crippen LogP) is 2.59. The molecular formula is C18H27N3O2. The Hall–Kier alpha value is -1.88. The zero-order valence-corrected chi connectivity index (χ0v) is 14.1. The third-order valence-electron chi connectivity index (χ3n) is 4.80. The van der Waals surface area contributed by atoms with E-state index in [0.29, 0.717) is 24.2 Å². The molecule has 2 rings (SSSR count). The highest BCUT2D eigenvalue weighted by molar-refractivity contribution is 6.03. The van der Waals surface area contributed by atoms with Crippen LogP contribution < -0.4 is 16.4 Å². The van der Waals surface area contributed by atoms with E-state index in [-0.39, 0.29) is 17.2 Å². The summed E-state index contributed by atoms with van der Waals surface area (Å²) < 4.78 is 0. The van der Waals surface area contributed by atoms with Crippen LogP contribution in [0.5, 0.6) is 0 Å². The number of nitrogens with two attached hydrogens (primary N) is 1. The molecule has 5 nitrogen and oxygen atoms in total. The topological polar surface area (TPSA) is 84.2 Å². The lowest BCUT2D eigenvalue weighted by atomic mass is 9.71. The van der Waals surface area contributed by atoms with Crippen LogP contribution in [0.4, 0.5) is 5.69 Å². The number of carbonyl (C=O) groups is 2. The summed E-state index contributed by atoms with van der Waals surface area (Å²) in [4.78, 5) is 24.5. The first-order chi connectivity index (χ1) is 11.0. The van der Waals surface area contributed by atoms with Gasteiger partial charge in [0.05, 0.1) is 11.3 Å². The van der Waals surface area contributed by atoms with Crippen molar-refractivity contribution in [2.45, 2.75) is 45.4 Å². The Kier molecular flexibility index (Phi) is 5.77. The first-order valence-electron chi connectivity index (χ1n) is 8.32. The molecule has 1 aromatic rings. The van der Waals surface area contributed by atoms with E-state index in [0.717, 1.165) is 31.2 Å². The monoisotopic (exact) mass is 317 g/mol. The van der Waals surface area contributed by atoms with Gasteiger partial charge in [0.15, 0.2) is 0 Å². The minimum Gasteiger partial charge on any atom is -0.355 e. The van der Waals surface area contributed by atoms with Crippen LogP contribution in [-0.4, -0.2) is 25.4 Å². The molecule has 0 aliphatic heterocycles. The maximum atomic E-state index is 12.5. The fourth-order valence-electron chi connectivity index (χ4n) is 3.38. The van der Waals surface area contributed by atoms with Crippen LogP contribution in [0, 0.1) is 12.3 Å². The number of hydrogen-bond acceptors (Lipinski definition) is 3. The first kappa shape index (κ1) is 17.5. The molecule has 0 aromatic heterocycles. The van der Waals surface area contributed by atoms with Gasteiger partial charge in [0.1, 0.15) is 0 Å². The van der Waals surface area contributed by atoms with Gasteiger partial charge in [0, 0.05) is 13.5 Å². The Morgan fingerprint density at radius 1 is 1.22 bits per heavy atom. The van der Waals surface area contributed by atoms with Crippen molar-refractivity contribution in [3.8, 4) is 0 Å². The minimum absolute atomic E-state index is 0.0636. The second kappa shape index (κ2) is 7.59. The summed E-state index contributed by atoms with van der Waals surface area (Å²) >= 11 is 0. The number of hydrogen-bond donors (Lipinski definition) is 3. The van der Waals surface area contributed by atoms with Crippen LogP contribution in [-0.2, 0) is 4.79 Å². The summed E-state index contributed by atoms with van der Waals surface area (Å²) in [7, 11) is 1.59. The SMILES string of the molecule is CNC(=O)c1cc(C)ccc1NC(=O)CC1(CN)CCCCC1. The maximum Gasteiger partial charge on any atom is 0.253 e. The smallest absolute Gasteiger partial charge is 0.253 e. The molecule has 1 fully saturated rings. The van der Waals surface area contributed by atoms with Gasteiger partial charge in [-0.05, 0) is 43.9 Å². The lowest BCUT2D eigenvalue weighted by Gasteiger charge is -2.35. The number of carbonyl (C=O) groups excluding carboxylic acids is 2. The predicted molar refractivity (Wildman–Crippen MR) is 92.4 cm³/mol. The van der Waals surface area contributed by atoms with Crippen molar-refractivity contribution in [3.63, 3.8) is 0 Å². The van der Waals surface area contributed by atoms with E-state index < -0.39 is 0 Å². The van der Waals surface area contributed by atoms with Crippen LogP contribution in [0.3, 0.4) is 0 Å². The second-order valence-corrected chi connectivity index (χ2v) is 6.62. The molecule has 0 saturated heterocycles. The van der Waals surface area contributed by atoms with Crippen molar-refractivity contribution in [2.75, 3.05) is 18.9 Å². The Bertz CT molecular complexity index is 578. The minimum atomic E-state index is -0.199. The molecule has 23 heavy (non-hydrogen) atoms. The van der Waals surface area contributed by atoms with E-state index in [1.54, 1.807) is 19.2 Å². The van der Waals surface area contributed by atoms with Gasteiger partial charge in [-0.1, -0.05) is 30.9 Å². The fourth-order valence-corrected chi connectivity index (χ4v) is 3.38. The van der Waals surface area contributed by atoms with Gasteiger partial charge in [-0.15, -0.1) is 0 Å². The third kappa shape index (κ3) is 4.32. The van der Waals surface area contributed by atoms with Crippen molar-refractivity contribution in [3.05, 3.63) is 29.3 Å². The van der Waals surface area contributed by atoms with Crippen LogP contribution in [0.1, 0.15) is 54.4 Å². The molecule has 5 heteroatoms. The molecule has 1 aliphatic carbocycles. The van der Waals surface area contributed by atoms with Gasteiger partial charge >= 0.3 is 0 Å². The van der Waals surface area contributed by atoms with Gasteiger partial charge in [0.2, 0.25) is 5.91 Å². The number of nitrogens with one attached hydrogen (secondary N) is 2. The van der Waals surface area contributed by atoms with Crippen molar-refractivity contribution < 1.29 is 9.59 Å². The number of rotatable bonds is 5. The van der Waals surface area contributed by atoms with Crippen LogP contribution >= 0.6 is 0 Å². The van der Waals surface area contributed by atoms with Gasteiger partial charge in [-0.3, -0.25) is 9.59 Å². The Morgan fingerprint density at radius 3 is 2.52 bits per heavy atom. The standard InChI is InChI=1S/C18H27N3O2/c1-13-6-7-15(14(10-13)17(23)20-2)21-16(22)11-18(12-19)8-4-3-5-9-18/h6-7,10H,3-5,8-9,11-12,19H2,1-2H3,(H,20,23)(H,21,22). The normalized spacial score (nSPS) is 16.7. The third-order valence-corrected chi connectivity index (χ3v) is 4.80. The van der Waals surface area contributed by atoms with Crippen molar-refractivity contribution in [1.82, 2.24) is 5.32 Å². The van der Waals surface area contributed by atoms with Crippen molar-refractivity contribution >= 4 is 17.5 Å². The van der Waals surface area contributed by atoms with Gasteiger partial charge in [0.25, 0.3) is 5.91 Å². The highest BCUT2D eigenvalue weighted by Gasteiger charge is 2.33. The molecule has 0 heterocycles. The second-order valence-electron chi connectivity index (χ2n) is 6.62. The lowest BCUT2D eigenvalue weighted by Crippen LogP contribution is -2.36. The number of aryl methyl sites for hydroxylation is 1. The molecular weight excluding hydrogens is 290 g/mol. The highest BCUT2D eigenvalue weighted by atomic mass is 16.2.